The summed E-state index contributed by atoms with van der Waals surface area (Å²) in [4.78, 5) is 3.71. The molecule has 10 nitrogen and oxygen atoms in total. The number of aliphatic imine (C=N–C) groups is 1. The molecule has 0 aliphatic heterocycles. The van der Waals surface area contributed by atoms with Crippen LogP contribution in [0.15, 0.2) is 77.9 Å². The maximum atomic E-state index is 12.1. The zero-order valence-electron chi connectivity index (χ0n) is 20.4. The number of hydrogen-bond acceptors (Lipinski definition) is 1. The van der Waals surface area contributed by atoms with Gasteiger partial charge in [-0.05, 0) is 0 Å². The first-order valence-corrected chi connectivity index (χ1v) is 9.58. The number of alkyl halides is 3. The maximum Gasteiger partial charge on any atom is 0 e. The summed E-state index contributed by atoms with van der Waals surface area (Å²) in [7, 11) is 0. The largest absolute Gasteiger partial charge is 0 e. The minimum absolute atomic E-state index is 0. The normalized spacial score (nSPS) is 10.0. The van der Waals surface area contributed by atoms with Crippen molar-refractivity contribution in [2.24, 2.45) is 4.99 Å². The van der Waals surface area contributed by atoms with Crippen LogP contribution >= 0.6 is 0 Å². The molecular weight excluding hydrogens is 823 g/mol. The van der Waals surface area contributed by atoms with Crippen LogP contribution in [0, 0.1) is 66.4 Å². The molecule has 0 bridgehead atoms. The fraction of sp³-hybridized carbons (Fsp3) is 0.0385. The monoisotopic (exact) mass is 836 g/mol. The summed E-state index contributed by atoms with van der Waals surface area (Å²) in [6.07, 6.45) is 11.7. The fourth-order valence-electron chi connectivity index (χ4n) is 1.37. The third kappa shape index (κ3) is 76.7. The van der Waals surface area contributed by atoms with Gasteiger partial charge in [0.05, 0.1) is 0 Å². The summed E-state index contributed by atoms with van der Waals surface area (Å²) in [6, 6.07) is 4.81. The minimum atomic E-state index is -4.27. The average molecular weight is 836 g/mol. The summed E-state index contributed by atoms with van der Waals surface area (Å²) in [5.41, 5.74) is -0.0171. The summed E-state index contributed by atoms with van der Waals surface area (Å²) in [5, 5.41) is 0. The number of rotatable bonds is 2. The van der Waals surface area contributed by atoms with E-state index in [1.165, 1.54) is 18.7 Å². The summed E-state index contributed by atoms with van der Waals surface area (Å²) in [5.74, 6) is 0. The van der Waals surface area contributed by atoms with Gasteiger partial charge in [-0.25, -0.2) is 0 Å². The van der Waals surface area contributed by atoms with Crippen molar-refractivity contribution in [2.75, 3.05) is 0 Å². The number of benzene rings is 1. The first kappa shape index (κ1) is 71.7. The Labute approximate surface area is 273 Å². The maximum absolute atomic E-state index is 12.1. The van der Waals surface area contributed by atoms with Crippen LogP contribution in [0.4, 0.5) is 13.2 Å². The van der Waals surface area contributed by atoms with Gasteiger partial charge in [0.1, 0.15) is 0 Å². The van der Waals surface area contributed by atoms with E-state index in [2.05, 4.69) is 69.0 Å². The van der Waals surface area contributed by atoms with E-state index in [1.54, 1.807) is 0 Å². The van der Waals surface area contributed by atoms with Gasteiger partial charge in [-0.1, -0.05) is 48.6 Å². The molecule has 1 aromatic rings. The Hall–Kier alpha value is -3.19. The summed E-state index contributed by atoms with van der Waals surface area (Å²) >= 11 is 1.07. The van der Waals surface area contributed by atoms with Gasteiger partial charge in [-0.3, -0.25) is 0 Å². The van der Waals surface area contributed by atoms with Gasteiger partial charge in [0.2, 0.25) is 0 Å². The van der Waals surface area contributed by atoms with Crippen LogP contribution in [-0.2, 0) is 102 Å². The van der Waals surface area contributed by atoms with Crippen LogP contribution in [-0.4, -0.2) is 4.19 Å². The molecule has 0 heterocycles. The molecule has 1 aromatic carbocycles. The molecule has 0 saturated heterocycles. The van der Waals surface area contributed by atoms with E-state index in [0.717, 1.165) is 31.5 Å². The van der Waals surface area contributed by atoms with Gasteiger partial charge in [-0.2, -0.15) is 0 Å². The molecule has 0 atom stereocenters. The molecular formula is C26H13F3Fe2NO9W-. The molecule has 0 aromatic heterocycles. The third-order valence-electron chi connectivity index (χ3n) is 2.39. The molecule has 0 N–H and O–H groups in total. The Morgan fingerprint density at radius 1 is 0.524 bits per heavy atom. The SMILES string of the molecule is C1=C\C=C/C=C\C=C/1.FC(F)(F)c1ccc([CH-]N=[C]=[W])cc1.[C-]#[O+].[C-]#[O+].[C-]#[O+].[C-]#[O+].[C-]#[O+].[C-]#[O+].[C-]#[O+].[C-]#[O+].[C-]#[O+].[Fe].[Fe]. The van der Waals surface area contributed by atoms with Gasteiger partial charge in [-0.15, -0.1) is 0 Å². The van der Waals surface area contributed by atoms with Crippen molar-refractivity contribution in [2.45, 2.75) is 6.18 Å². The van der Waals surface area contributed by atoms with Gasteiger partial charge < -0.3 is 0 Å². The van der Waals surface area contributed by atoms with E-state index >= 15 is 0 Å². The van der Waals surface area contributed by atoms with Crippen molar-refractivity contribution < 1.29 is 109 Å². The van der Waals surface area contributed by atoms with Crippen molar-refractivity contribution in [3.63, 3.8) is 0 Å². The van der Waals surface area contributed by atoms with Crippen molar-refractivity contribution in [1.82, 2.24) is 0 Å². The molecule has 0 fully saturated rings. The predicted octanol–water partition coefficient (Wildman–Crippen LogP) is 4.55. The fourth-order valence-corrected chi connectivity index (χ4v) is 1.56. The van der Waals surface area contributed by atoms with E-state index in [-0.39, 0.29) is 34.1 Å². The second-order valence-electron chi connectivity index (χ2n) is 4.01. The molecule has 0 amide bonds. The quantitative estimate of drug-likeness (QED) is 0.175. The zero-order valence-corrected chi connectivity index (χ0v) is 25.5. The van der Waals surface area contributed by atoms with E-state index < -0.39 is 11.7 Å². The van der Waals surface area contributed by atoms with Crippen molar-refractivity contribution in [3.8, 4) is 0 Å². The molecule has 1 aliphatic rings. The van der Waals surface area contributed by atoms with E-state index in [4.69, 9.17) is 41.9 Å². The average Bonchev–Trinajstić information content (AvgIpc) is 3.05. The Balaban J connectivity index is -0.0000000331. The molecule has 42 heavy (non-hydrogen) atoms. The predicted molar refractivity (Wildman–Crippen MR) is 114 cm³/mol. The smallest absolute Gasteiger partial charge is 0 e. The standard InChI is InChI=1S/C9H5F3N.C8H8.9CO.2Fe.W/c1-13-6-7-2-4-8(5-3-7)9(10,11)12;1-2-4-6-8-7-5-3-1;9*1-2;;;/h2-6H;1-8H;;;;;;;;;;;;/q-1;;;;;;;;;;;;;/b;2-1-,3-1?,4-2?,5-3-,6-4-,7-5?,8-6?,8-7-;;;;;;;;;;;;. The molecule has 0 unspecified atom stereocenters. The topological polar surface area (TPSA) is 191 Å². The first-order chi connectivity index (χ1) is 19.5. The molecule has 16 heteroatoms. The molecule has 2 rings (SSSR count). The number of hydrogen-bond donors (Lipinski definition) is 0. The van der Waals surface area contributed by atoms with Crippen LogP contribution in [0.3, 0.4) is 0 Å². The second-order valence-corrected chi connectivity index (χ2v) is 4.66. The Morgan fingerprint density at radius 2 is 0.738 bits per heavy atom. The van der Waals surface area contributed by atoms with Gasteiger partial charge in [0.15, 0.2) is 0 Å². The van der Waals surface area contributed by atoms with Gasteiger partial charge in [0, 0.05) is 34.1 Å². The van der Waals surface area contributed by atoms with E-state index in [1.807, 2.05) is 48.6 Å². The van der Waals surface area contributed by atoms with Crippen LogP contribution in [0.5, 0.6) is 0 Å². The van der Waals surface area contributed by atoms with Crippen LogP contribution in [0.1, 0.15) is 11.1 Å². The van der Waals surface area contributed by atoms with Crippen LogP contribution < -0.4 is 0 Å². The van der Waals surface area contributed by atoms with E-state index in [0.29, 0.717) is 5.56 Å². The number of halogens is 3. The molecule has 0 radical (unpaired) electrons. The number of allylic oxidation sites excluding steroid dienone is 8. The minimum Gasteiger partial charge on any atom is 0 e. The molecule has 0 saturated carbocycles. The van der Waals surface area contributed by atoms with Crippen LogP contribution in [0.2, 0.25) is 0 Å². The van der Waals surface area contributed by atoms with Crippen molar-refractivity contribution in [3.05, 3.63) is 150 Å². The van der Waals surface area contributed by atoms with Gasteiger partial charge >= 0.3 is 192 Å². The Morgan fingerprint density at radius 3 is 0.905 bits per heavy atom. The summed E-state index contributed by atoms with van der Waals surface area (Å²) < 4.78 is 106. The molecule has 0 spiro atoms. The van der Waals surface area contributed by atoms with Gasteiger partial charge in [0.25, 0.3) is 0 Å². The van der Waals surface area contributed by atoms with Crippen LogP contribution in [0.25, 0.3) is 0 Å². The second kappa shape index (κ2) is 90.4. The zero-order chi connectivity index (χ0) is 34.3. The Bertz CT molecular complexity index is 886. The van der Waals surface area contributed by atoms with E-state index in [9.17, 15) is 13.2 Å². The van der Waals surface area contributed by atoms with Crippen molar-refractivity contribution >= 4 is 4.19 Å². The Kier molecular flexibility index (Phi) is 154. The third-order valence-corrected chi connectivity index (χ3v) is 2.77. The number of nitrogens with zero attached hydrogens (tertiary/aromatic N) is 1. The summed E-state index contributed by atoms with van der Waals surface area (Å²) in [6.45, 7) is 42.0. The molecule has 220 valence electrons. The molecule has 1 aliphatic carbocycles. The van der Waals surface area contributed by atoms with Crippen molar-refractivity contribution in [1.29, 1.82) is 0 Å². The first-order valence-electron chi connectivity index (χ1n) is 8.12.